The van der Waals surface area contributed by atoms with Gasteiger partial charge in [0.05, 0.1) is 6.07 Å². The van der Waals surface area contributed by atoms with Crippen LogP contribution in [-0.2, 0) is 0 Å². The molecule has 0 spiro atoms. The Bertz CT molecular complexity index is 163. The van der Waals surface area contributed by atoms with Gasteiger partial charge in [-0.2, -0.15) is 5.26 Å². The van der Waals surface area contributed by atoms with Crippen molar-refractivity contribution >= 4 is 0 Å². The molecule has 0 radical (unpaired) electrons. The highest BCUT2D eigenvalue weighted by Crippen LogP contribution is 2.14. The van der Waals surface area contributed by atoms with E-state index in [4.69, 9.17) is 11.0 Å². The van der Waals surface area contributed by atoms with Gasteiger partial charge in [0.15, 0.2) is 0 Å². The van der Waals surface area contributed by atoms with Crippen LogP contribution in [0.2, 0.25) is 0 Å². The van der Waals surface area contributed by atoms with Crippen molar-refractivity contribution in [2.45, 2.75) is 25.8 Å². The zero-order chi connectivity index (χ0) is 8.97. The number of likely N-dealkylation sites (tertiary alicyclic amines) is 1. The lowest BCUT2D eigenvalue weighted by molar-refractivity contribution is 0.323. The van der Waals surface area contributed by atoms with Crippen LogP contribution < -0.4 is 5.73 Å². The molecule has 0 aromatic carbocycles. The maximum absolute atomic E-state index is 8.35. The van der Waals surface area contributed by atoms with Crippen molar-refractivity contribution < 1.29 is 0 Å². The minimum absolute atomic E-state index is 0.340. The van der Waals surface area contributed by atoms with E-state index in [1.165, 1.54) is 0 Å². The summed E-state index contributed by atoms with van der Waals surface area (Å²) < 4.78 is 0. The molecular weight excluding hydrogens is 150 g/mol. The Labute approximate surface area is 74.1 Å². The predicted octanol–water partition coefficient (Wildman–Crippen LogP) is 0.569. The third kappa shape index (κ3) is 2.47. The normalized spacial score (nSPS) is 30.4. The Morgan fingerprint density at radius 3 is 2.83 bits per heavy atom. The van der Waals surface area contributed by atoms with Gasteiger partial charge in [-0.25, -0.2) is 0 Å². The third-order valence-electron chi connectivity index (χ3n) is 2.51. The van der Waals surface area contributed by atoms with Crippen LogP contribution in [0.3, 0.4) is 0 Å². The van der Waals surface area contributed by atoms with Crippen molar-refractivity contribution in [3.8, 4) is 6.07 Å². The van der Waals surface area contributed by atoms with Crippen LogP contribution in [-0.4, -0.2) is 30.6 Å². The Morgan fingerprint density at radius 1 is 1.58 bits per heavy atom. The van der Waals surface area contributed by atoms with E-state index in [0.717, 1.165) is 26.1 Å². The van der Waals surface area contributed by atoms with Crippen LogP contribution in [0.1, 0.15) is 19.8 Å². The molecule has 0 saturated carbocycles. The highest BCUT2D eigenvalue weighted by Gasteiger charge is 2.25. The van der Waals surface area contributed by atoms with E-state index >= 15 is 0 Å². The van der Waals surface area contributed by atoms with E-state index in [9.17, 15) is 0 Å². The van der Waals surface area contributed by atoms with Gasteiger partial charge in [0, 0.05) is 25.6 Å². The molecule has 0 aromatic heterocycles. The maximum Gasteiger partial charge on any atom is 0.0622 e. The quantitative estimate of drug-likeness (QED) is 0.625. The Balaban J connectivity index is 2.15. The van der Waals surface area contributed by atoms with Gasteiger partial charge in [0.1, 0.15) is 0 Å². The first-order valence-corrected chi connectivity index (χ1v) is 4.59. The molecule has 1 rings (SSSR count). The summed E-state index contributed by atoms with van der Waals surface area (Å²) in [5, 5.41) is 8.35. The number of unbranched alkanes of at least 4 members (excludes halogenated alkanes) is 1. The molecule has 2 atom stereocenters. The standard InChI is InChI=1S/C9H17N3/c1-8-6-12(7-9(8)11)5-3-2-4-10/h8-9H,2-3,5-7,11H2,1H3. The maximum atomic E-state index is 8.35. The largest absolute Gasteiger partial charge is 0.326 e. The minimum Gasteiger partial charge on any atom is -0.326 e. The van der Waals surface area contributed by atoms with Gasteiger partial charge < -0.3 is 10.6 Å². The summed E-state index contributed by atoms with van der Waals surface area (Å²) in [5.74, 6) is 0.618. The lowest BCUT2D eigenvalue weighted by atomic mass is 10.1. The Kier molecular flexibility index (Phi) is 3.51. The number of nitriles is 1. The molecule has 1 saturated heterocycles. The molecule has 3 heteroatoms. The van der Waals surface area contributed by atoms with Crippen molar-refractivity contribution in [1.29, 1.82) is 5.26 Å². The molecule has 12 heavy (non-hydrogen) atoms. The molecular formula is C9H17N3. The molecule has 0 aromatic rings. The van der Waals surface area contributed by atoms with Crippen molar-refractivity contribution in [2.24, 2.45) is 11.7 Å². The summed E-state index contributed by atoms with van der Waals surface area (Å²) in [4.78, 5) is 2.35. The SMILES string of the molecule is CC1CN(CCCC#N)CC1N. The van der Waals surface area contributed by atoms with Crippen molar-refractivity contribution in [1.82, 2.24) is 4.90 Å². The highest BCUT2D eigenvalue weighted by molar-refractivity contribution is 4.84. The average Bonchev–Trinajstić information content (AvgIpc) is 2.32. The third-order valence-corrected chi connectivity index (χ3v) is 2.51. The highest BCUT2D eigenvalue weighted by atomic mass is 15.2. The van der Waals surface area contributed by atoms with Gasteiger partial charge in [-0.05, 0) is 18.9 Å². The smallest absolute Gasteiger partial charge is 0.0622 e. The van der Waals surface area contributed by atoms with Gasteiger partial charge >= 0.3 is 0 Å². The van der Waals surface area contributed by atoms with Crippen molar-refractivity contribution in [2.75, 3.05) is 19.6 Å². The number of nitrogens with zero attached hydrogens (tertiary/aromatic N) is 2. The molecule has 0 bridgehead atoms. The van der Waals surface area contributed by atoms with Gasteiger partial charge in [0.25, 0.3) is 0 Å². The summed E-state index contributed by atoms with van der Waals surface area (Å²) in [6, 6.07) is 2.50. The van der Waals surface area contributed by atoms with Crippen LogP contribution >= 0.6 is 0 Å². The summed E-state index contributed by atoms with van der Waals surface area (Å²) in [6.07, 6.45) is 1.65. The zero-order valence-electron chi connectivity index (χ0n) is 7.66. The van der Waals surface area contributed by atoms with E-state index in [-0.39, 0.29) is 0 Å². The second-order valence-electron chi connectivity index (χ2n) is 3.66. The van der Waals surface area contributed by atoms with Crippen LogP contribution in [0, 0.1) is 17.2 Å². The first-order chi connectivity index (χ1) is 5.74. The second-order valence-corrected chi connectivity index (χ2v) is 3.66. The summed E-state index contributed by atoms with van der Waals surface area (Å²) in [7, 11) is 0. The number of nitrogens with two attached hydrogens (primary N) is 1. The molecule has 1 heterocycles. The van der Waals surface area contributed by atoms with Gasteiger partial charge in [0.2, 0.25) is 0 Å². The number of hydrogen-bond acceptors (Lipinski definition) is 3. The summed E-state index contributed by atoms with van der Waals surface area (Å²) in [6.45, 7) is 5.33. The van der Waals surface area contributed by atoms with E-state index in [1.807, 2.05) is 0 Å². The zero-order valence-corrected chi connectivity index (χ0v) is 7.66. The predicted molar refractivity (Wildman–Crippen MR) is 48.4 cm³/mol. The van der Waals surface area contributed by atoms with Gasteiger partial charge in [-0.1, -0.05) is 6.92 Å². The fourth-order valence-electron chi connectivity index (χ4n) is 1.66. The second kappa shape index (κ2) is 4.44. The molecule has 68 valence electrons. The Hall–Kier alpha value is -0.590. The lowest BCUT2D eigenvalue weighted by Crippen LogP contribution is -2.28. The molecule has 3 nitrogen and oxygen atoms in total. The fourth-order valence-corrected chi connectivity index (χ4v) is 1.66. The first-order valence-electron chi connectivity index (χ1n) is 4.59. The van der Waals surface area contributed by atoms with Crippen LogP contribution in [0.4, 0.5) is 0 Å². The van der Waals surface area contributed by atoms with Gasteiger partial charge in [-0.15, -0.1) is 0 Å². The monoisotopic (exact) mass is 167 g/mol. The number of hydrogen-bond donors (Lipinski definition) is 1. The molecule has 1 fully saturated rings. The minimum atomic E-state index is 0.340. The topological polar surface area (TPSA) is 53.0 Å². The molecule has 0 aliphatic carbocycles. The Morgan fingerprint density at radius 2 is 2.33 bits per heavy atom. The van der Waals surface area contributed by atoms with Gasteiger partial charge in [-0.3, -0.25) is 0 Å². The molecule has 0 amide bonds. The number of rotatable bonds is 3. The van der Waals surface area contributed by atoms with E-state index < -0.39 is 0 Å². The fraction of sp³-hybridized carbons (Fsp3) is 0.889. The van der Waals surface area contributed by atoms with Crippen LogP contribution in [0.25, 0.3) is 0 Å². The van der Waals surface area contributed by atoms with Crippen LogP contribution in [0.15, 0.2) is 0 Å². The molecule has 2 N–H and O–H groups in total. The van der Waals surface area contributed by atoms with E-state index in [1.54, 1.807) is 0 Å². The summed E-state index contributed by atoms with van der Waals surface area (Å²) >= 11 is 0. The first kappa shape index (κ1) is 9.50. The summed E-state index contributed by atoms with van der Waals surface area (Å²) in [5.41, 5.74) is 5.87. The van der Waals surface area contributed by atoms with Crippen molar-refractivity contribution in [3.05, 3.63) is 0 Å². The molecule has 2 unspecified atom stereocenters. The average molecular weight is 167 g/mol. The van der Waals surface area contributed by atoms with Crippen LogP contribution in [0.5, 0.6) is 0 Å². The van der Waals surface area contributed by atoms with Crippen molar-refractivity contribution in [3.63, 3.8) is 0 Å². The van der Waals surface area contributed by atoms with E-state index in [2.05, 4.69) is 17.9 Å². The van der Waals surface area contributed by atoms with E-state index in [0.29, 0.717) is 18.4 Å². The molecule has 1 aliphatic heterocycles. The molecule has 1 aliphatic rings. The lowest BCUT2D eigenvalue weighted by Gasteiger charge is -2.13.